The molecule has 17 heavy (non-hydrogen) atoms. The number of aliphatic hydroxyl groups excluding tert-OH is 1. The first kappa shape index (κ1) is 11.9. The van der Waals surface area contributed by atoms with E-state index in [-0.39, 0.29) is 0 Å². The highest BCUT2D eigenvalue weighted by Crippen LogP contribution is 2.20. The highest BCUT2D eigenvalue weighted by atomic mass is 32.1. The molecule has 5 nitrogen and oxygen atoms in total. The molecule has 0 aliphatic heterocycles. The molecule has 1 N–H and O–H groups in total. The summed E-state index contributed by atoms with van der Waals surface area (Å²) in [4.78, 5) is 12.2. The summed E-state index contributed by atoms with van der Waals surface area (Å²) in [6, 6.07) is 1.71. The van der Waals surface area contributed by atoms with Gasteiger partial charge in [-0.15, -0.1) is 11.3 Å². The summed E-state index contributed by atoms with van der Waals surface area (Å²) < 4.78 is 5.00. The van der Waals surface area contributed by atoms with Crippen LogP contribution in [-0.2, 0) is 6.42 Å². The average Bonchev–Trinajstić information content (AvgIpc) is 2.76. The minimum atomic E-state index is -0.639. The molecule has 0 saturated carbocycles. The van der Waals surface area contributed by atoms with Crippen LogP contribution < -0.4 is 4.74 Å². The molecule has 2 heterocycles. The Morgan fingerprint density at radius 2 is 2.29 bits per heavy atom. The van der Waals surface area contributed by atoms with Crippen LogP contribution in [0.25, 0.3) is 0 Å². The molecule has 2 aromatic heterocycles. The second-order valence-corrected chi connectivity index (χ2v) is 4.63. The summed E-state index contributed by atoms with van der Waals surface area (Å²) in [6.07, 6.45) is 1.19. The predicted molar refractivity (Wildman–Crippen MR) is 64.1 cm³/mol. The fraction of sp³-hybridized carbons (Fsp3) is 0.364. The van der Waals surface area contributed by atoms with Crippen LogP contribution in [0.3, 0.4) is 0 Å². The van der Waals surface area contributed by atoms with Gasteiger partial charge in [0.05, 0.1) is 23.5 Å². The van der Waals surface area contributed by atoms with E-state index in [1.807, 2.05) is 12.3 Å². The molecule has 2 aromatic rings. The lowest BCUT2D eigenvalue weighted by atomic mass is 10.1. The first-order chi connectivity index (χ1) is 8.19. The van der Waals surface area contributed by atoms with E-state index in [4.69, 9.17) is 4.74 Å². The van der Waals surface area contributed by atoms with Crippen molar-refractivity contribution in [3.63, 3.8) is 0 Å². The van der Waals surface area contributed by atoms with E-state index in [1.165, 1.54) is 17.7 Å². The number of methoxy groups -OCH3 is 1. The van der Waals surface area contributed by atoms with Crippen LogP contribution in [0.15, 0.2) is 17.8 Å². The first-order valence-electron chi connectivity index (χ1n) is 5.14. The lowest BCUT2D eigenvalue weighted by Crippen LogP contribution is -2.04. The molecular weight excluding hydrogens is 238 g/mol. The number of aryl methyl sites for hydroxylation is 1. The molecule has 6 heteroatoms. The van der Waals surface area contributed by atoms with Crippen molar-refractivity contribution < 1.29 is 9.84 Å². The maximum Gasteiger partial charge on any atom is 0.216 e. The fourth-order valence-electron chi connectivity index (χ4n) is 1.44. The van der Waals surface area contributed by atoms with Crippen molar-refractivity contribution in [1.29, 1.82) is 0 Å². The molecular formula is C11H13N3O2S. The summed E-state index contributed by atoms with van der Waals surface area (Å²) in [6.45, 7) is 1.91. The molecule has 0 aromatic carbocycles. The largest absolute Gasteiger partial charge is 0.481 e. The van der Waals surface area contributed by atoms with Crippen molar-refractivity contribution in [2.45, 2.75) is 19.4 Å². The molecule has 0 aliphatic rings. The molecule has 0 bridgehead atoms. The van der Waals surface area contributed by atoms with Crippen LogP contribution in [0.4, 0.5) is 0 Å². The van der Waals surface area contributed by atoms with Crippen LogP contribution in [0.1, 0.15) is 22.5 Å². The Morgan fingerprint density at radius 1 is 1.47 bits per heavy atom. The third-order valence-electron chi connectivity index (χ3n) is 2.29. The van der Waals surface area contributed by atoms with Gasteiger partial charge < -0.3 is 9.84 Å². The molecule has 0 fully saturated rings. The molecule has 0 radical (unpaired) electrons. The Labute approximate surface area is 103 Å². The number of ether oxygens (including phenoxy) is 1. The predicted octanol–water partition coefficient (Wildman–Crippen LogP) is 1.53. The monoisotopic (exact) mass is 251 g/mol. The van der Waals surface area contributed by atoms with Crippen molar-refractivity contribution >= 4 is 11.3 Å². The number of aromatic nitrogens is 3. The van der Waals surface area contributed by atoms with Gasteiger partial charge in [0, 0.05) is 17.9 Å². The van der Waals surface area contributed by atoms with E-state index in [0.29, 0.717) is 18.0 Å². The summed E-state index contributed by atoms with van der Waals surface area (Å²) in [5, 5.41) is 12.8. The number of nitrogens with zero attached hydrogens (tertiary/aromatic N) is 3. The quantitative estimate of drug-likeness (QED) is 0.892. The summed E-state index contributed by atoms with van der Waals surface area (Å²) in [7, 11) is 1.55. The van der Waals surface area contributed by atoms with E-state index in [9.17, 15) is 5.11 Å². The lowest BCUT2D eigenvalue weighted by Gasteiger charge is -2.07. The Balaban J connectivity index is 2.09. The topological polar surface area (TPSA) is 68.1 Å². The summed E-state index contributed by atoms with van der Waals surface area (Å²) in [5.74, 6) is 0.497. The van der Waals surface area contributed by atoms with Gasteiger partial charge in [-0.3, -0.25) is 0 Å². The number of hydrogen-bond donors (Lipinski definition) is 1. The zero-order chi connectivity index (χ0) is 12.3. The molecule has 0 spiro atoms. The molecule has 0 saturated heterocycles. The molecule has 1 atom stereocenters. The maximum atomic E-state index is 9.99. The third kappa shape index (κ3) is 2.98. The summed E-state index contributed by atoms with van der Waals surface area (Å²) >= 11 is 1.52. The molecule has 90 valence electrons. The van der Waals surface area contributed by atoms with Gasteiger partial charge >= 0.3 is 0 Å². The van der Waals surface area contributed by atoms with Gasteiger partial charge in [0.15, 0.2) is 0 Å². The van der Waals surface area contributed by atoms with Crippen LogP contribution in [0, 0.1) is 6.92 Å². The van der Waals surface area contributed by atoms with E-state index in [0.717, 1.165) is 10.7 Å². The Hall–Kier alpha value is -1.53. The molecule has 0 amide bonds. The first-order valence-corrected chi connectivity index (χ1v) is 6.02. The SMILES string of the molecule is COc1cc(CC(O)c2csc(C)n2)ncn1. The molecule has 0 aliphatic carbocycles. The van der Waals surface area contributed by atoms with E-state index in [2.05, 4.69) is 15.0 Å². The lowest BCUT2D eigenvalue weighted by molar-refractivity contribution is 0.173. The van der Waals surface area contributed by atoms with Crippen molar-refractivity contribution in [2.24, 2.45) is 0 Å². The Kier molecular flexibility index (Phi) is 3.65. The minimum Gasteiger partial charge on any atom is -0.481 e. The summed E-state index contributed by atoms with van der Waals surface area (Å²) in [5.41, 5.74) is 1.42. The number of aliphatic hydroxyl groups is 1. The Morgan fingerprint density at radius 3 is 2.94 bits per heavy atom. The van der Waals surface area contributed by atoms with Crippen LogP contribution in [0.2, 0.25) is 0 Å². The molecule has 2 rings (SSSR count). The number of hydrogen-bond acceptors (Lipinski definition) is 6. The standard InChI is InChI=1S/C11H13N3O2S/c1-7-14-9(5-17-7)10(15)3-8-4-11(16-2)13-6-12-8/h4-6,10,15H,3H2,1-2H3. The zero-order valence-corrected chi connectivity index (χ0v) is 10.4. The van der Waals surface area contributed by atoms with Crippen LogP contribution in [-0.4, -0.2) is 27.2 Å². The second kappa shape index (κ2) is 5.20. The third-order valence-corrected chi connectivity index (χ3v) is 3.08. The van der Waals surface area contributed by atoms with E-state index < -0.39 is 6.10 Å². The zero-order valence-electron chi connectivity index (χ0n) is 9.62. The van der Waals surface area contributed by atoms with Crippen molar-refractivity contribution in [3.8, 4) is 5.88 Å². The second-order valence-electron chi connectivity index (χ2n) is 3.56. The normalized spacial score (nSPS) is 12.4. The number of rotatable bonds is 4. The van der Waals surface area contributed by atoms with Crippen molar-refractivity contribution in [3.05, 3.63) is 34.2 Å². The number of thiazole rings is 1. The minimum absolute atomic E-state index is 0.405. The molecule has 1 unspecified atom stereocenters. The Bertz CT molecular complexity index is 501. The van der Waals surface area contributed by atoms with Crippen molar-refractivity contribution in [2.75, 3.05) is 7.11 Å². The van der Waals surface area contributed by atoms with Gasteiger partial charge in [-0.05, 0) is 6.92 Å². The van der Waals surface area contributed by atoms with Gasteiger partial charge in [-0.25, -0.2) is 15.0 Å². The van der Waals surface area contributed by atoms with Gasteiger partial charge in [0.2, 0.25) is 5.88 Å². The van der Waals surface area contributed by atoms with Crippen LogP contribution >= 0.6 is 11.3 Å². The van der Waals surface area contributed by atoms with E-state index in [1.54, 1.807) is 13.2 Å². The van der Waals surface area contributed by atoms with Crippen molar-refractivity contribution in [1.82, 2.24) is 15.0 Å². The van der Waals surface area contributed by atoms with Gasteiger partial charge in [0.25, 0.3) is 0 Å². The highest BCUT2D eigenvalue weighted by Gasteiger charge is 2.13. The average molecular weight is 251 g/mol. The van der Waals surface area contributed by atoms with Crippen LogP contribution in [0.5, 0.6) is 5.88 Å². The highest BCUT2D eigenvalue weighted by molar-refractivity contribution is 7.09. The maximum absolute atomic E-state index is 9.99. The van der Waals surface area contributed by atoms with Gasteiger partial charge in [-0.1, -0.05) is 0 Å². The van der Waals surface area contributed by atoms with Gasteiger partial charge in [0.1, 0.15) is 12.4 Å². The smallest absolute Gasteiger partial charge is 0.216 e. The van der Waals surface area contributed by atoms with Gasteiger partial charge in [-0.2, -0.15) is 0 Å². The fourth-order valence-corrected chi connectivity index (χ4v) is 2.10. The van der Waals surface area contributed by atoms with E-state index >= 15 is 0 Å².